The monoisotopic (exact) mass is 483 g/mol. The number of rotatable bonds is 11. The first-order valence-corrected chi connectivity index (χ1v) is 12.4. The lowest BCUT2D eigenvalue weighted by atomic mass is 10.1. The van der Waals surface area contributed by atoms with Crippen LogP contribution in [0.15, 0.2) is 15.9 Å². The van der Waals surface area contributed by atoms with Gasteiger partial charge in [-0.2, -0.15) is 0 Å². The number of halogens is 2. The predicted molar refractivity (Wildman–Crippen MR) is 123 cm³/mol. The fraction of sp³-hybridized carbons (Fsp3) is 0.545. The number of fused-ring (bicyclic) bond motifs is 2. The maximum atomic E-state index is 12.5. The molecule has 152 valence electrons. The lowest BCUT2D eigenvalue weighted by Crippen LogP contribution is -2.30. The Morgan fingerprint density at radius 2 is 1.61 bits per heavy atom. The average Bonchev–Trinajstić information content (AvgIpc) is 3.17. The van der Waals surface area contributed by atoms with E-state index in [1.165, 1.54) is 62.7 Å². The molecule has 2 heterocycles. The topological polar surface area (TPSA) is 37.4 Å². The number of hydrogen-bond donors (Lipinski definition) is 0. The van der Waals surface area contributed by atoms with Crippen LogP contribution in [0.3, 0.4) is 0 Å². The molecule has 0 atom stereocenters. The first-order chi connectivity index (χ1) is 13.6. The summed E-state index contributed by atoms with van der Waals surface area (Å²) in [5.74, 6) is -0.878. The molecule has 0 N–H and O–H groups in total. The van der Waals surface area contributed by atoms with Gasteiger partial charge in [-0.05, 0) is 28.4 Å². The van der Waals surface area contributed by atoms with E-state index in [9.17, 15) is 9.59 Å². The number of ketones is 1. The van der Waals surface area contributed by atoms with E-state index in [0.717, 1.165) is 27.4 Å². The predicted octanol–water partition coefficient (Wildman–Crippen LogP) is 7.77. The van der Waals surface area contributed by atoms with Crippen molar-refractivity contribution in [1.29, 1.82) is 0 Å². The molecule has 0 fully saturated rings. The zero-order valence-corrected chi connectivity index (χ0v) is 19.5. The molecule has 0 aliphatic carbocycles. The number of nitrogens with zero attached hydrogens (tertiary/aromatic N) is 1. The number of carbonyl (C=O) groups excluding carboxylic acids is 2. The molecular weight excluding hydrogens is 458 g/mol. The fourth-order valence-corrected chi connectivity index (χ4v) is 6.12. The molecule has 0 unspecified atom stereocenters. The summed E-state index contributed by atoms with van der Waals surface area (Å²) in [6.07, 6.45) is 12.4. The summed E-state index contributed by atoms with van der Waals surface area (Å²) in [5, 5.41) is 3.36. The minimum absolute atomic E-state index is 0.435. The number of thiophene rings is 1. The zero-order valence-electron chi connectivity index (χ0n) is 16.4. The molecule has 1 aromatic carbocycles. The molecule has 0 saturated heterocycles. The number of carbonyl (C=O) groups is 2. The number of Topliss-reactive ketones (excluding diaryl/α,β-unsaturated/α-hetero) is 1. The van der Waals surface area contributed by atoms with E-state index in [0.29, 0.717) is 22.8 Å². The van der Waals surface area contributed by atoms with Crippen LogP contribution in [0.5, 0.6) is 0 Å². The molecule has 28 heavy (non-hydrogen) atoms. The molecular formula is C22H27BrClNO2S. The number of hydrogen-bond acceptors (Lipinski definition) is 3. The third-order valence-corrected chi connectivity index (χ3v) is 7.65. The van der Waals surface area contributed by atoms with Gasteiger partial charge in [0.15, 0.2) is 0 Å². The quantitative estimate of drug-likeness (QED) is 0.241. The summed E-state index contributed by atoms with van der Waals surface area (Å²) in [7, 11) is 0. The van der Waals surface area contributed by atoms with E-state index < -0.39 is 11.7 Å². The number of unbranched alkanes of at least 4 members (excludes halogenated alkanes) is 9. The van der Waals surface area contributed by atoms with Crippen LogP contribution in [0.4, 0.5) is 5.69 Å². The Labute approximate surface area is 184 Å². The molecule has 2 aromatic rings. The minimum atomic E-state index is -0.443. The first-order valence-electron chi connectivity index (χ1n) is 10.3. The molecule has 0 bridgehead atoms. The van der Waals surface area contributed by atoms with Crippen molar-refractivity contribution in [3.63, 3.8) is 0 Å². The lowest BCUT2D eigenvalue weighted by Gasteiger charge is -2.18. The van der Waals surface area contributed by atoms with Crippen molar-refractivity contribution in [3.05, 3.63) is 26.5 Å². The summed E-state index contributed by atoms with van der Waals surface area (Å²) >= 11 is 11.7. The number of benzene rings is 1. The van der Waals surface area contributed by atoms with Gasteiger partial charge in [-0.3, -0.25) is 9.59 Å². The second-order valence-corrected chi connectivity index (χ2v) is 9.65. The van der Waals surface area contributed by atoms with Gasteiger partial charge in [0.05, 0.1) is 16.3 Å². The summed E-state index contributed by atoms with van der Waals surface area (Å²) in [5.41, 5.74) is 1.04. The van der Waals surface area contributed by atoms with Crippen LogP contribution in [0.2, 0.25) is 5.02 Å². The lowest BCUT2D eigenvalue weighted by molar-refractivity contribution is -0.114. The Morgan fingerprint density at radius 1 is 1.00 bits per heavy atom. The van der Waals surface area contributed by atoms with Gasteiger partial charge < -0.3 is 4.90 Å². The van der Waals surface area contributed by atoms with Gasteiger partial charge in [0.2, 0.25) is 0 Å². The van der Waals surface area contributed by atoms with Gasteiger partial charge in [-0.15, -0.1) is 11.3 Å². The minimum Gasteiger partial charge on any atom is -0.303 e. The Bertz CT molecular complexity index is 864. The van der Waals surface area contributed by atoms with Crippen molar-refractivity contribution in [3.8, 4) is 0 Å². The maximum absolute atomic E-state index is 12.5. The van der Waals surface area contributed by atoms with E-state index in [2.05, 4.69) is 22.9 Å². The normalized spacial score (nSPS) is 13.8. The van der Waals surface area contributed by atoms with E-state index in [-0.39, 0.29) is 0 Å². The fourth-order valence-electron chi connectivity index (χ4n) is 3.85. The van der Waals surface area contributed by atoms with E-state index >= 15 is 0 Å². The Kier molecular flexibility index (Phi) is 7.95. The Balaban J connectivity index is 1.53. The molecule has 1 aromatic heterocycles. The van der Waals surface area contributed by atoms with Gasteiger partial charge in [-0.1, -0.05) is 76.3 Å². The van der Waals surface area contributed by atoms with Crippen molar-refractivity contribution >= 4 is 66.3 Å². The molecule has 3 rings (SSSR count). The van der Waals surface area contributed by atoms with Gasteiger partial charge in [0.1, 0.15) is 0 Å². The van der Waals surface area contributed by atoms with E-state index in [4.69, 9.17) is 11.6 Å². The van der Waals surface area contributed by atoms with Crippen LogP contribution in [-0.4, -0.2) is 18.2 Å². The smallest absolute Gasteiger partial charge is 0.299 e. The summed E-state index contributed by atoms with van der Waals surface area (Å²) in [6, 6.07) is 1.81. The standard InChI is InChI=1S/C22H27BrClNO2S/c1-2-3-4-5-6-7-8-9-10-11-12-25-20-15(21(26)22(25)27)13-17-18(19(20)24)16(23)14-28-17/h13-14H,2-12H2,1H3. The van der Waals surface area contributed by atoms with Gasteiger partial charge in [0.25, 0.3) is 11.7 Å². The molecule has 1 aliphatic rings. The van der Waals surface area contributed by atoms with Crippen LogP contribution < -0.4 is 4.90 Å². The number of anilines is 1. The third-order valence-electron chi connectivity index (χ3n) is 5.42. The Morgan fingerprint density at radius 3 is 2.25 bits per heavy atom. The second kappa shape index (κ2) is 10.2. The highest BCUT2D eigenvalue weighted by Gasteiger charge is 2.38. The molecule has 1 amide bonds. The van der Waals surface area contributed by atoms with Crippen LogP contribution in [0, 0.1) is 0 Å². The molecule has 3 nitrogen and oxygen atoms in total. The molecule has 0 saturated carbocycles. The van der Waals surface area contributed by atoms with Gasteiger partial charge in [-0.25, -0.2) is 0 Å². The largest absolute Gasteiger partial charge is 0.303 e. The van der Waals surface area contributed by atoms with Crippen molar-refractivity contribution < 1.29 is 9.59 Å². The van der Waals surface area contributed by atoms with Crippen LogP contribution >= 0.6 is 38.9 Å². The molecule has 1 aliphatic heterocycles. The van der Waals surface area contributed by atoms with Crippen LogP contribution in [0.25, 0.3) is 10.1 Å². The average molecular weight is 485 g/mol. The summed E-state index contributed by atoms with van der Waals surface area (Å²) in [4.78, 5) is 26.5. The van der Waals surface area contributed by atoms with E-state index in [1.807, 2.05) is 11.4 Å². The van der Waals surface area contributed by atoms with Gasteiger partial charge in [0, 0.05) is 26.5 Å². The van der Waals surface area contributed by atoms with Crippen LogP contribution in [0.1, 0.15) is 81.5 Å². The first kappa shape index (κ1) is 21.8. The van der Waals surface area contributed by atoms with Crippen molar-refractivity contribution in [2.75, 3.05) is 11.4 Å². The van der Waals surface area contributed by atoms with Crippen LogP contribution in [-0.2, 0) is 4.79 Å². The summed E-state index contributed by atoms with van der Waals surface area (Å²) < 4.78 is 1.84. The molecule has 6 heteroatoms. The third kappa shape index (κ3) is 4.63. The molecule has 0 spiro atoms. The second-order valence-electron chi connectivity index (χ2n) is 7.51. The summed E-state index contributed by atoms with van der Waals surface area (Å²) in [6.45, 7) is 2.80. The van der Waals surface area contributed by atoms with Gasteiger partial charge >= 0.3 is 0 Å². The van der Waals surface area contributed by atoms with E-state index in [1.54, 1.807) is 4.90 Å². The highest BCUT2D eigenvalue weighted by molar-refractivity contribution is 9.10. The van der Waals surface area contributed by atoms with Crippen molar-refractivity contribution in [1.82, 2.24) is 0 Å². The zero-order chi connectivity index (χ0) is 20.1. The number of amides is 1. The maximum Gasteiger partial charge on any atom is 0.299 e. The van der Waals surface area contributed by atoms with Crippen molar-refractivity contribution in [2.45, 2.75) is 71.1 Å². The molecule has 0 radical (unpaired) electrons. The Hall–Kier alpha value is -0.910. The highest BCUT2D eigenvalue weighted by Crippen LogP contribution is 2.45. The SMILES string of the molecule is CCCCCCCCCCCCN1C(=O)C(=O)c2cc3scc(Br)c3c(Cl)c21. The highest BCUT2D eigenvalue weighted by atomic mass is 79.9. The van der Waals surface area contributed by atoms with Crippen molar-refractivity contribution in [2.24, 2.45) is 0 Å².